The number of amides is 3. The molecule has 5 rings (SSSR count). The van der Waals surface area contributed by atoms with E-state index in [1.807, 2.05) is 30.3 Å². The molecule has 38 heavy (non-hydrogen) atoms. The van der Waals surface area contributed by atoms with Crippen LogP contribution in [0.3, 0.4) is 0 Å². The Morgan fingerprint density at radius 2 is 1.79 bits per heavy atom. The van der Waals surface area contributed by atoms with Crippen LogP contribution in [0.25, 0.3) is 5.69 Å². The summed E-state index contributed by atoms with van der Waals surface area (Å²) in [6.45, 7) is -0.679. The molecule has 0 aliphatic carbocycles. The molecule has 2 heterocycles. The van der Waals surface area contributed by atoms with Crippen molar-refractivity contribution < 1.29 is 18.8 Å². The maximum absolute atomic E-state index is 13.7. The molecule has 3 amide bonds. The molecule has 0 radical (unpaired) electrons. The van der Waals surface area contributed by atoms with Gasteiger partial charge in [-0.05, 0) is 52.4 Å². The lowest BCUT2D eigenvalue weighted by molar-refractivity contribution is -0.143. The molecule has 10 nitrogen and oxygen atoms in total. The van der Waals surface area contributed by atoms with Crippen molar-refractivity contribution >= 4 is 40.7 Å². The summed E-state index contributed by atoms with van der Waals surface area (Å²) in [5.41, 5.74) is 1.85. The van der Waals surface area contributed by atoms with Crippen molar-refractivity contribution in [1.82, 2.24) is 25.1 Å². The van der Waals surface area contributed by atoms with E-state index in [2.05, 4.69) is 20.8 Å². The first-order chi connectivity index (χ1) is 18.4. The lowest BCUT2D eigenvalue weighted by Gasteiger charge is -2.38. The first kappa shape index (κ1) is 25.0. The van der Waals surface area contributed by atoms with Gasteiger partial charge in [0.25, 0.3) is 0 Å². The van der Waals surface area contributed by atoms with Crippen LogP contribution in [0.5, 0.6) is 0 Å². The molecule has 1 aromatic heterocycles. The summed E-state index contributed by atoms with van der Waals surface area (Å²) in [7, 11) is 0. The fraction of sp³-hybridized carbons (Fsp3) is 0.154. The van der Waals surface area contributed by atoms with Crippen LogP contribution in [-0.2, 0) is 20.8 Å². The Labute approximate surface area is 221 Å². The number of piperazine rings is 1. The van der Waals surface area contributed by atoms with Crippen LogP contribution in [0, 0.1) is 5.82 Å². The number of nitrogens with zero attached hydrogens (tertiary/aromatic N) is 6. The van der Waals surface area contributed by atoms with E-state index in [1.54, 1.807) is 24.3 Å². The third-order valence-electron chi connectivity index (χ3n) is 6.09. The number of tetrazole rings is 1. The monoisotopic (exact) mass is 533 g/mol. The summed E-state index contributed by atoms with van der Waals surface area (Å²) >= 11 is 6.21. The molecule has 1 N–H and O–H groups in total. The van der Waals surface area contributed by atoms with Gasteiger partial charge in [-0.25, -0.2) is 4.39 Å². The first-order valence-corrected chi connectivity index (χ1v) is 12.0. The zero-order valence-corrected chi connectivity index (χ0v) is 20.6. The summed E-state index contributed by atoms with van der Waals surface area (Å²) < 4.78 is 15.1. The number of carbonyl (C=O) groups is 3. The maximum atomic E-state index is 13.7. The van der Waals surface area contributed by atoms with Crippen LogP contribution < -0.4 is 10.2 Å². The van der Waals surface area contributed by atoms with Crippen molar-refractivity contribution in [3.8, 4) is 5.69 Å². The van der Waals surface area contributed by atoms with Gasteiger partial charge in [0.05, 0.1) is 11.4 Å². The Morgan fingerprint density at radius 3 is 2.53 bits per heavy atom. The summed E-state index contributed by atoms with van der Waals surface area (Å²) in [5, 5.41) is 14.2. The van der Waals surface area contributed by atoms with Gasteiger partial charge in [0.1, 0.15) is 31.3 Å². The van der Waals surface area contributed by atoms with E-state index in [9.17, 15) is 18.8 Å². The topological polar surface area (TPSA) is 113 Å². The Balaban J connectivity index is 1.43. The molecular formula is C26H21ClFN7O3. The van der Waals surface area contributed by atoms with Crippen LogP contribution in [0.4, 0.5) is 15.8 Å². The van der Waals surface area contributed by atoms with Crippen molar-refractivity contribution in [2.24, 2.45) is 0 Å². The van der Waals surface area contributed by atoms with Crippen LogP contribution in [0.15, 0.2) is 79.1 Å². The number of hydrogen-bond donors (Lipinski definition) is 1. The highest BCUT2D eigenvalue weighted by atomic mass is 35.5. The molecule has 192 valence electrons. The number of aromatic nitrogens is 4. The second kappa shape index (κ2) is 10.8. The average Bonchev–Trinajstić information content (AvgIpc) is 3.44. The van der Waals surface area contributed by atoms with Gasteiger partial charge in [0.15, 0.2) is 0 Å². The lowest BCUT2D eigenvalue weighted by atomic mass is 10.0. The highest BCUT2D eigenvalue weighted by molar-refractivity contribution is 6.31. The summed E-state index contributed by atoms with van der Waals surface area (Å²) in [6, 6.07) is 18.4. The molecule has 0 bridgehead atoms. The molecule has 0 spiro atoms. The largest absolute Gasteiger partial charge is 0.324 e. The van der Waals surface area contributed by atoms with E-state index in [0.717, 1.165) is 5.56 Å². The van der Waals surface area contributed by atoms with E-state index in [4.69, 9.17) is 11.6 Å². The fourth-order valence-corrected chi connectivity index (χ4v) is 4.46. The minimum Gasteiger partial charge on any atom is -0.324 e. The van der Waals surface area contributed by atoms with Crippen molar-refractivity contribution in [2.45, 2.75) is 12.5 Å². The highest BCUT2D eigenvalue weighted by Gasteiger charge is 2.39. The van der Waals surface area contributed by atoms with Gasteiger partial charge in [0.2, 0.25) is 17.7 Å². The summed E-state index contributed by atoms with van der Waals surface area (Å²) in [5.74, 6) is -1.91. The standard InChI is InChI=1S/C26H21ClFN7O3/c27-18-9-10-21(35-16-29-31-32-35)22(12-18)33-14-25(37)34(15-24(33)36)23(11-17-5-2-1-3-6-17)26(38)30-20-8-4-7-19(28)13-20/h1-10,12-13,16,23H,11,14-15H2,(H,30,38). The second-order valence-corrected chi connectivity index (χ2v) is 9.03. The smallest absolute Gasteiger partial charge is 0.247 e. The Hall–Kier alpha value is -4.64. The van der Waals surface area contributed by atoms with E-state index in [-0.39, 0.29) is 25.2 Å². The van der Waals surface area contributed by atoms with Gasteiger partial charge in [-0.15, -0.1) is 5.10 Å². The molecule has 0 saturated carbocycles. The van der Waals surface area contributed by atoms with E-state index < -0.39 is 29.6 Å². The Morgan fingerprint density at radius 1 is 0.974 bits per heavy atom. The predicted molar refractivity (Wildman–Crippen MR) is 137 cm³/mol. The number of nitrogens with one attached hydrogen (secondary N) is 1. The number of halogens is 2. The molecular weight excluding hydrogens is 513 g/mol. The highest BCUT2D eigenvalue weighted by Crippen LogP contribution is 2.30. The summed E-state index contributed by atoms with van der Waals surface area (Å²) in [4.78, 5) is 42.8. The minimum absolute atomic E-state index is 0.161. The van der Waals surface area contributed by atoms with Gasteiger partial charge < -0.3 is 10.2 Å². The van der Waals surface area contributed by atoms with E-state index in [1.165, 1.54) is 39.0 Å². The number of anilines is 2. The first-order valence-electron chi connectivity index (χ1n) is 11.6. The lowest BCUT2D eigenvalue weighted by Crippen LogP contribution is -2.60. The number of rotatable bonds is 7. The van der Waals surface area contributed by atoms with Gasteiger partial charge >= 0.3 is 0 Å². The van der Waals surface area contributed by atoms with Crippen LogP contribution in [0.1, 0.15) is 5.56 Å². The predicted octanol–water partition coefficient (Wildman–Crippen LogP) is 2.88. The van der Waals surface area contributed by atoms with Crippen LogP contribution in [-0.4, -0.2) is 62.0 Å². The Bertz CT molecular complexity index is 1480. The van der Waals surface area contributed by atoms with Crippen molar-refractivity contribution in [3.05, 3.63) is 95.5 Å². The van der Waals surface area contributed by atoms with Gasteiger partial charge in [-0.3, -0.25) is 19.3 Å². The molecule has 1 aliphatic rings. The van der Waals surface area contributed by atoms with Crippen molar-refractivity contribution in [2.75, 3.05) is 23.3 Å². The molecule has 1 fully saturated rings. The molecule has 1 unspecified atom stereocenters. The fourth-order valence-electron chi connectivity index (χ4n) is 4.29. The third-order valence-corrected chi connectivity index (χ3v) is 6.32. The van der Waals surface area contributed by atoms with Gasteiger partial charge in [-0.1, -0.05) is 48.0 Å². The second-order valence-electron chi connectivity index (χ2n) is 8.59. The SMILES string of the molecule is O=C(Nc1cccc(F)c1)C(Cc1ccccc1)N1CC(=O)N(c2cc(Cl)ccc2-n2cnnn2)CC1=O. The van der Waals surface area contributed by atoms with E-state index >= 15 is 0 Å². The number of hydrogen-bond acceptors (Lipinski definition) is 6. The normalized spacial score (nSPS) is 14.5. The summed E-state index contributed by atoms with van der Waals surface area (Å²) in [6.07, 6.45) is 1.52. The number of carbonyl (C=O) groups excluding carboxylic acids is 3. The van der Waals surface area contributed by atoms with Crippen molar-refractivity contribution in [3.63, 3.8) is 0 Å². The van der Waals surface area contributed by atoms with Gasteiger partial charge in [0, 0.05) is 17.1 Å². The molecule has 1 atom stereocenters. The third kappa shape index (κ3) is 5.37. The molecule has 1 saturated heterocycles. The zero-order valence-electron chi connectivity index (χ0n) is 19.9. The molecule has 1 aliphatic heterocycles. The quantitative estimate of drug-likeness (QED) is 0.391. The van der Waals surface area contributed by atoms with Crippen LogP contribution >= 0.6 is 11.6 Å². The minimum atomic E-state index is -1.02. The molecule has 4 aromatic rings. The number of benzene rings is 3. The maximum Gasteiger partial charge on any atom is 0.247 e. The van der Waals surface area contributed by atoms with Crippen LogP contribution in [0.2, 0.25) is 5.02 Å². The molecule has 3 aromatic carbocycles. The van der Waals surface area contributed by atoms with E-state index in [0.29, 0.717) is 16.4 Å². The Kier molecular flexibility index (Phi) is 7.09. The zero-order chi connectivity index (χ0) is 26.6. The average molecular weight is 534 g/mol. The molecule has 12 heteroatoms. The van der Waals surface area contributed by atoms with Gasteiger partial charge in [-0.2, -0.15) is 4.68 Å². The van der Waals surface area contributed by atoms with Crippen molar-refractivity contribution in [1.29, 1.82) is 0 Å².